The molecule has 1 aromatic rings. The van der Waals surface area contributed by atoms with E-state index >= 15 is 0 Å². The minimum Gasteiger partial charge on any atom is -0.494 e. The molecule has 80 valence electrons. The van der Waals surface area contributed by atoms with E-state index < -0.39 is 0 Å². The highest BCUT2D eigenvalue weighted by atomic mass is 16.5. The normalized spacial score (nSPS) is 23.6. The lowest BCUT2D eigenvalue weighted by Crippen LogP contribution is -1.95. The minimum absolute atomic E-state index is 0.267. The van der Waals surface area contributed by atoms with Crippen molar-refractivity contribution in [1.29, 1.82) is 0 Å². The zero-order valence-corrected chi connectivity index (χ0v) is 9.19. The molecule has 0 aliphatic heterocycles. The van der Waals surface area contributed by atoms with Crippen LogP contribution in [0.4, 0.5) is 0 Å². The van der Waals surface area contributed by atoms with E-state index in [1.165, 1.54) is 5.56 Å². The molecule has 0 bridgehead atoms. The van der Waals surface area contributed by atoms with Crippen LogP contribution in [0, 0.1) is 5.92 Å². The number of benzene rings is 1. The number of ether oxygens (including phenoxy) is 1. The summed E-state index contributed by atoms with van der Waals surface area (Å²) in [6.45, 7) is 4.35. The van der Waals surface area contributed by atoms with Crippen LogP contribution >= 0.6 is 0 Å². The van der Waals surface area contributed by atoms with Gasteiger partial charge in [0.25, 0.3) is 0 Å². The number of rotatable bonds is 4. The van der Waals surface area contributed by atoms with Crippen molar-refractivity contribution < 1.29 is 9.53 Å². The lowest BCUT2D eigenvalue weighted by atomic mass is 10.1. The maximum absolute atomic E-state index is 11.1. The van der Waals surface area contributed by atoms with Gasteiger partial charge in [-0.1, -0.05) is 12.1 Å². The van der Waals surface area contributed by atoms with Crippen LogP contribution in [-0.2, 0) is 4.79 Å². The van der Waals surface area contributed by atoms with Crippen LogP contribution in [-0.4, -0.2) is 12.4 Å². The van der Waals surface area contributed by atoms with E-state index in [0.29, 0.717) is 18.3 Å². The number of carbonyl (C=O) groups is 1. The predicted octanol–water partition coefficient (Wildman–Crippen LogP) is 2.78. The SMILES string of the molecule is CCOc1ccc([C@@H]2C[C@H]2C(C)=O)cc1. The molecule has 0 saturated heterocycles. The van der Waals surface area contributed by atoms with E-state index in [1.54, 1.807) is 6.92 Å². The van der Waals surface area contributed by atoms with Crippen LogP contribution in [0.2, 0.25) is 0 Å². The van der Waals surface area contributed by atoms with Crippen molar-refractivity contribution in [2.24, 2.45) is 5.92 Å². The van der Waals surface area contributed by atoms with E-state index in [-0.39, 0.29) is 5.92 Å². The van der Waals surface area contributed by atoms with Gasteiger partial charge < -0.3 is 4.74 Å². The summed E-state index contributed by atoms with van der Waals surface area (Å²) in [5, 5.41) is 0. The van der Waals surface area contributed by atoms with Crippen molar-refractivity contribution >= 4 is 5.78 Å². The Hall–Kier alpha value is -1.31. The van der Waals surface area contributed by atoms with Crippen LogP contribution in [0.15, 0.2) is 24.3 Å². The Labute approximate surface area is 90.3 Å². The molecule has 0 spiro atoms. The Morgan fingerprint density at radius 2 is 2.07 bits per heavy atom. The smallest absolute Gasteiger partial charge is 0.133 e. The second-order valence-corrected chi connectivity index (χ2v) is 4.06. The van der Waals surface area contributed by atoms with Crippen LogP contribution < -0.4 is 4.74 Å². The van der Waals surface area contributed by atoms with Crippen molar-refractivity contribution in [3.63, 3.8) is 0 Å². The monoisotopic (exact) mass is 204 g/mol. The number of carbonyl (C=O) groups excluding carboxylic acids is 1. The number of Topliss-reactive ketones (excluding diaryl/α,β-unsaturated/α-hetero) is 1. The van der Waals surface area contributed by atoms with E-state index in [9.17, 15) is 4.79 Å². The Kier molecular flexibility index (Phi) is 2.76. The molecule has 0 unspecified atom stereocenters. The van der Waals surface area contributed by atoms with Crippen LogP contribution in [0.1, 0.15) is 31.7 Å². The van der Waals surface area contributed by atoms with Crippen LogP contribution in [0.3, 0.4) is 0 Å². The molecule has 0 radical (unpaired) electrons. The van der Waals surface area contributed by atoms with E-state index in [2.05, 4.69) is 12.1 Å². The molecule has 2 nitrogen and oxygen atoms in total. The average Bonchev–Trinajstić information content (AvgIpc) is 2.99. The summed E-state index contributed by atoms with van der Waals surface area (Å²) in [6.07, 6.45) is 1.02. The van der Waals surface area contributed by atoms with Gasteiger partial charge in [0.15, 0.2) is 0 Å². The predicted molar refractivity (Wildman–Crippen MR) is 59.1 cm³/mol. The largest absolute Gasteiger partial charge is 0.494 e. The Balaban J connectivity index is 2.03. The fraction of sp³-hybridized carbons (Fsp3) is 0.462. The number of hydrogen-bond acceptors (Lipinski definition) is 2. The third-order valence-corrected chi connectivity index (χ3v) is 2.93. The summed E-state index contributed by atoms with van der Waals surface area (Å²) in [5.74, 6) is 1.94. The molecule has 1 aliphatic rings. The topological polar surface area (TPSA) is 26.3 Å². The molecule has 0 amide bonds. The first-order chi connectivity index (χ1) is 7.22. The van der Waals surface area contributed by atoms with E-state index in [4.69, 9.17) is 4.74 Å². The second-order valence-electron chi connectivity index (χ2n) is 4.06. The summed E-state index contributed by atoms with van der Waals surface area (Å²) in [6, 6.07) is 8.10. The summed E-state index contributed by atoms with van der Waals surface area (Å²) in [5.41, 5.74) is 1.26. The average molecular weight is 204 g/mol. The zero-order valence-electron chi connectivity index (χ0n) is 9.19. The molecule has 0 aromatic heterocycles. The molecule has 2 atom stereocenters. The Morgan fingerprint density at radius 3 is 2.53 bits per heavy atom. The molecule has 0 heterocycles. The van der Waals surface area contributed by atoms with Crippen molar-refractivity contribution in [3.05, 3.63) is 29.8 Å². The maximum Gasteiger partial charge on any atom is 0.133 e. The molecular weight excluding hydrogens is 188 g/mol. The third kappa shape index (κ3) is 2.20. The standard InChI is InChI=1S/C13H16O2/c1-3-15-11-6-4-10(5-7-11)13-8-12(13)9(2)14/h4-7,12-13H,3,8H2,1-2H3/t12-,13-/m0/s1. The molecule has 2 rings (SSSR count). The molecule has 0 N–H and O–H groups in total. The minimum atomic E-state index is 0.267. The molecule has 1 saturated carbocycles. The Bertz CT molecular complexity index is 353. The maximum atomic E-state index is 11.1. The molecule has 1 aliphatic carbocycles. The molecule has 1 aromatic carbocycles. The van der Waals surface area contributed by atoms with Gasteiger partial charge in [0.05, 0.1) is 6.61 Å². The molecule has 1 fully saturated rings. The van der Waals surface area contributed by atoms with Crippen molar-refractivity contribution in [2.45, 2.75) is 26.2 Å². The highest BCUT2D eigenvalue weighted by Crippen LogP contribution is 2.48. The highest BCUT2D eigenvalue weighted by Gasteiger charge is 2.41. The summed E-state index contributed by atoms with van der Waals surface area (Å²) in [4.78, 5) is 11.1. The van der Waals surface area contributed by atoms with Gasteiger partial charge in [0.1, 0.15) is 11.5 Å². The lowest BCUT2D eigenvalue weighted by molar-refractivity contribution is -0.118. The van der Waals surface area contributed by atoms with Gasteiger partial charge in [-0.25, -0.2) is 0 Å². The van der Waals surface area contributed by atoms with Gasteiger partial charge in [-0.15, -0.1) is 0 Å². The Morgan fingerprint density at radius 1 is 1.40 bits per heavy atom. The van der Waals surface area contributed by atoms with Crippen LogP contribution in [0.25, 0.3) is 0 Å². The fourth-order valence-corrected chi connectivity index (χ4v) is 1.99. The number of hydrogen-bond donors (Lipinski definition) is 0. The summed E-state index contributed by atoms with van der Waals surface area (Å²) >= 11 is 0. The van der Waals surface area contributed by atoms with Gasteiger partial charge in [0, 0.05) is 5.92 Å². The molecule has 15 heavy (non-hydrogen) atoms. The third-order valence-electron chi connectivity index (χ3n) is 2.93. The van der Waals surface area contributed by atoms with Gasteiger partial charge >= 0.3 is 0 Å². The fourth-order valence-electron chi connectivity index (χ4n) is 1.99. The van der Waals surface area contributed by atoms with Crippen molar-refractivity contribution in [1.82, 2.24) is 0 Å². The van der Waals surface area contributed by atoms with Crippen LogP contribution in [0.5, 0.6) is 5.75 Å². The van der Waals surface area contributed by atoms with Gasteiger partial charge in [-0.3, -0.25) is 4.79 Å². The van der Waals surface area contributed by atoms with Gasteiger partial charge in [-0.2, -0.15) is 0 Å². The molecular formula is C13H16O2. The quantitative estimate of drug-likeness (QED) is 0.753. The van der Waals surface area contributed by atoms with E-state index in [1.807, 2.05) is 19.1 Å². The van der Waals surface area contributed by atoms with Crippen molar-refractivity contribution in [3.8, 4) is 5.75 Å². The zero-order chi connectivity index (χ0) is 10.8. The highest BCUT2D eigenvalue weighted by molar-refractivity contribution is 5.82. The van der Waals surface area contributed by atoms with Gasteiger partial charge in [-0.05, 0) is 43.9 Å². The first-order valence-corrected chi connectivity index (χ1v) is 5.45. The summed E-state index contributed by atoms with van der Waals surface area (Å²) < 4.78 is 5.37. The second kappa shape index (κ2) is 4.05. The molecule has 2 heteroatoms. The summed E-state index contributed by atoms with van der Waals surface area (Å²) in [7, 11) is 0. The number of ketones is 1. The first-order valence-electron chi connectivity index (χ1n) is 5.45. The lowest BCUT2D eigenvalue weighted by Gasteiger charge is -2.04. The van der Waals surface area contributed by atoms with E-state index in [0.717, 1.165) is 12.2 Å². The first kappa shape index (κ1) is 10.2. The van der Waals surface area contributed by atoms with Crippen molar-refractivity contribution in [2.75, 3.05) is 6.61 Å². The van der Waals surface area contributed by atoms with Gasteiger partial charge in [0.2, 0.25) is 0 Å².